The molecule has 48 heavy (non-hydrogen) atoms. The van der Waals surface area contributed by atoms with Crippen LogP contribution in [0.4, 0.5) is 0 Å². The molecule has 14 atom stereocenters. The van der Waals surface area contributed by atoms with Crippen molar-refractivity contribution in [3.05, 3.63) is 0 Å². The lowest BCUT2D eigenvalue weighted by Gasteiger charge is -2.58. The second-order valence-corrected chi connectivity index (χ2v) is 19.9. The zero-order valence-electron chi connectivity index (χ0n) is 30.7. The number of hydrogen-bond donors (Lipinski definition) is 4. The molecule has 8 fully saturated rings. The van der Waals surface area contributed by atoms with E-state index in [0.717, 1.165) is 75.0 Å². The van der Waals surface area contributed by atoms with Gasteiger partial charge in [0, 0.05) is 0 Å². The Morgan fingerprint density at radius 3 is 0.729 bits per heavy atom. The van der Waals surface area contributed by atoms with Crippen molar-refractivity contribution in [2.24, 2.45) is 71.0 Å². The van der Waals surface area contributed by atoms with Crippen molar-refractivity contribution in [2.45, 2.75) is 203 Å². The Balaban J connectivity index is 1.12. The molecule has 4 N–H and O–H groups in total. The molecule has 0 amide bonds. The van der Waals surface area contributed by atoms with Gasteiger partial charge in [-0.3, -0.25) is 0 Å². The van der Waals surface area contributed by atoms with E-state index in [1.807, 2.05) is 0 Å². The molecule has 8 rings (SSSR count). The monoisotopic (exact) mass is 667 g/mol. The van der Waals surface area contributed by atoms with Crippen LogP contribution in [0.5, 0.6) is 0 Å². The predicted octanol–water partition coefficient (Wildman–Crippen LogP) is 9.60. The molecule has 14 unspecified atom stereocenters. The van der Waals surface area contributed by atoms with Crippen LogP contribution in [-0.2, 0) is 0 Å². The average molecular weight is 667 g/mol. The Kier molecular flexibility index (Phi) is 10.7. The third-order valence-electron chi connectivity index (χ3n) is 18.0. The second-order valence-electron chi connectivity index (χ2n) is 19.9. The number of fused-ring (bicyclic) bond motifs is 4. The van der Waals surface area contributed by atoms with Crippen molar-refractivity contribution in [3.63, 3.8) is 0 Å². The maximum atomic E-state index is 13.5. The Bertz CT molecular complexity index is 909. The van der Waals surface area contributed by atoms with Crippen LogP contribution < -0.4 is 0 Å². The summed E-state index contributed by atoms with van der Waals surface area (Å²) in [7, 11) is 0. The zero-order valence-corrected chi connectivity index (χ0v) is 30.7. The van der Waals surface area contributed by atoms with E-state index in [4.69, 9.17) is 0 Å². The van der Waals surface area contributed by atoms with Crippen LogP contribution in [0.1, 0.15) is 180 Å². The number of rotatable bonds is 7. The zero-order chi connectivity index (χ0) is 32.9. The SMILES string of the molecule is OC(C(O)C(O)(C1CCC2CCCCC2C1)C1CCC2CCCCC2C1)C(O)(C1CCC2CCCCC2C1)C1CCC2CCCCC2C1. The highest BCUT2D eigenvalue weighted by Crippen LogP contribution is 2.58. The summed E-state index contributed by atoms with van der Waals surface area (Å²) in [6, 6.07) is 0. The molecule has 8 aliphatic rings. The van der Waals surface area contributed by atoms with Gasteiger partial charge in [-0.1, -0.05) is 103 Å². The summed E-state index contributed by atoms with van der Waals surface area (Å²) in [6.07, 6.45) is 31.1. The Labute approximate surface area is 294 Å². The fraction of sp³-hybridized carbons (Fsp3) is 1.00. The first-order valence-corrected chi connectivity index (χ1v) is 22.2. The fourth-order valence-electron chi connectivity index (χ4n) is 15.3. The quantitative estimate of drug-likeness (QED) is 0.218. The van der Waals surface area contributed by atoms with Crippen LogP contribution in [0.3, 0.4) is 0 Å². The first-order chi connectivity index (χ1) is 23.4. The van der Waals surface area contributed by atoms with Gasteiger partial charge < -0.3 is 20.4 Å². The van der Waals surface area contributed by atoms with E-state index in [9.17, 15) is 20.4 Å². The van der Waals surface area contributed by atoms with Crippen LogP contribution >= 0.6 is 0 Å². The topological polar surface area (TPSA) is 80.9 Å². The Hall–Kier alpha value is -0.160. The van der Waals surface area contributed by atoms with E-state index in [2.05, 4.69) is 0 Å². The first-order valence-electron chi connectivity index (χ1n) is 22.2. The van der Waals surface area contributed by atoms with Gasteiger partial charge >= 0.3 is 0 Å². The average Bonchev–Trinajstić information content (AvgIpc) is 3.15. The minimum atomic E-state index is -1.32. The van der Waals surface area contributed by atoms with Gasteiger partial charge in [-0.25, -0.2) is 0 Å². The van der Waals surface area contributed by atoms with Crippen LogP contribution in [0.2, 0.25) is 0 Å². The largest absolute Gasteiger partial charge is 0.387 e. The van der Waals surface area contributed by atoms with Crippen LogP contribution in [0, 0.1) is 71.0 Å². The highest BCUT2D eigenvalue weighted by atomic mass is 16.4. The normalized spacial score (nSPS) is 47.5. The molecule has 0 bridgehead atoms. The van der Waals surface area contributed by atoms with Crippen molar-refractivity contribution in [2.75, 3.05) is 0 Å². The van der Waals surface area contributed by atoms with Crippen molar-refractivity contribution < 1.29 is 20.4 Å². The van der Waals surface area contributed by atoms with Gasteiger partial charge in [0.15, 0.2) is 0 Å². The molecular formula is C44H74O4. The molecule has 4 heteroatoms. The van der Waals surface area contributed by atoms with E-state index < -0.39 is 23.4 Å². The summed E-state index contributed by atoms with van der Waals surface area (Å²) in [5.74, 6) is 5.85. The molecule has 8 aliphatic carbocycles. The van der Waals surface area contributed by atoms with Crippen molar-refractivity contribution >= 4 is 0 Å². The molecule has 0 radical (unpaired) electrons. The van der Waals surface area contributed by atoms with Gasteiger partial charge in [0.25, 0.3) is 0 Å². The molecule has 0 aromatic carbocycles. The highest BCUT2D eigenvalue weighted by molar-refractivity contribution is 5.12. The third-order valence-corrected chi connectivity index (χ3v) is 18.0. The van der Waals surface area contributed by atoms with Gasteiger partial charge in [0.05, 0.1) is 11.2 Å². The van der Waals surface area contributed by atoms with E-state index in [1.165, 1.54) is 128 Å². The minimum Gasteiger partial charge on any atom is -0.387 e. The van der Waals surface area contributed by atoms with Gasteiger partial charge in [-0.05, 0) is 148 Å². The predicted molar refractivity (Wildman–Crippen MR) is 193 cm³/mol. The van der Waals surface area contributed by atoms with Crippen LogP contribution in [0.15, 0.2) is 0 Å². The number of aliphatic hydroxyl groups is 4. The summed E-state index contributed by atoms with van der Waals surface area (Å²) < 4.78 is 0. The molecule has 0 aliphatic heterocycles. The number of aliphatic hydroxyl groups excluding tert-OH is 2. The van der Waals surface area contributed by atoms with Gasteiger partial charge in [-0.2, -0.15) is 0 Å². The standard InChI is InChI=1S/C44H74O4/c45-41(43(47,37-21-17-29-9-1-5-13-33(29)25-37)38-22-18-30-10-2-6-14-34(30)26-38)42(46)44(48,39-23-19-31-11-3-7-15-35(31)27-39)40-24-20-32-12-4-8-16-36(32)28-40/h29-42,45-48H,1-28H2. The summed E-state index contributed by atoms with van der Waals surface area (Å²) in [6.45, 7) is 0. The van der Waals surface area contributed by atoms with E-state index in [-0.39, 0.29) is 23.7 Å². The fourth-order valence-corrected chi connectivity index (χ4v) is 15.3. The lowest BCUT2D eigenvalue weighted by atomic mass is 9.52. The van der Waals surface area contributed by atoms with Gasteiger partial charge in [0.1, 0.15) is 12.2 Å². The maximum Gasteiger partial charge on any atom is 0.112 e. The summed E-state index contributed by atoms with van der Waals surface area (Å²) >= 11 is 0. The molecule has 0 aromatic heterocycles. The highest BCUT2D eigenvalue weighted by Gasteiger charge is 2.62. The summed E-state index contributed by atoms with van der Waals surface area (Å²) in [5.41, 5.74) is -2.63. The van der Waals surface area contributed by atoms with E-state index >= 15 is 0 Å². The minimum absolute atomic E-state index is 0.0269. The van der Waals surface area contributed by atoms with E-state index in [0.29, 0.717) is 23.7 Å². The maximum absolute atomic E-state index is 13.5. The van der Waals surface area contributed by atoms with Crippen LogP contribution in [0.25, 0.3) is 0 Å². The lowest BCUT2D eigenvalue weighted by molar-refractivity contribution is -0.261. The Morgan fingerprint density at radius 1 is 0.292 bits per heavy atom. The molecule has 0 saturated heterocycles. The van der Waals surface area contributed by atoms with Crippen molar-refractivity contribution in [3.8, 4) is 0 Å². The van der Waals surface area contributed by atoms with E-state index in [1.54, 1.807) is 0 Å². The summed E-state index contributed by atoms with van der Waals surface area (Å²) in [4.78, 5) is 0. The molecular weight excluding hydrogens is 592 g/mol. The number of hydrogen-bond acceptors (Lipinski definition) is 4. The molecule has 0 aromatic rings. The van der Waals surface area contributed by atoms with Gasteiger partial charge in [-0.15, -0.1) is 0 Å². The van der Waals surface area contributed by atoms with Crippen molar-refractivity contribution in [1.29, 1.82) is 0 Å². The van der Waals surface area contributed by atoms with Gasteiger partial charge in [0.2, 0.25) is 0 Å². The van der Waals surface area contributed by atoms with Crippen LogP contribution in [-0.4, -0.2) is 43.8 Å². The lowest BCUT2D eigenvalue weighted by Crippen LogP contribution is -2.68. The Morgan fingerprint density at radius 2 is 0.500 bits per heavy atom. The molecule has 0 heterocycles. The molecule has 4 nitrogen and oxygen atoms in total. The molecule has 274 valence electrons. The molecule has 8 saturated carbocycles. The second kappa shape index (κ2) is 14.7. The summed E-state index contributed by atoms with van der Waals surface area (Å²) in [5, 5.41) is 52.9. The smallest absolute Gasteiger partial charge is 0.112 e. The van der Waals surface area contributed by atoms with Crippen molar-refractivity contribution in [1.82, 2.24) is 0 Å². The first kappa shape index (κ1) is 34.9. The third kappa shape index (κ3) is 6.42. The molecule has 0 spiro atoms.